The highest BCUT2D eigenvalue weighted by Gasteiger charge is 2.37. The van der Waals surface area contributed by atoms with Crippen LogP contribution in [-0.4, -0.2) is 54.5 Å². The molecule has 0 unspecified atom stereocenters. The molecule has 0 aromatic heterocycles. The molecule has 6 heteroatoms. The maximum atomic E-state index is 11.4. The van der Waals surface area contributed by atoms with Crippen LogP contribution < -0.4 is 0 Å². The van der Waals surface area contributed by atoms with Gasteiger partial charge in [-0.3, -0.25) is 9.69 Å². The van der Waals surface area contributed by atoms with Crippen molar-refractivity contribution < 1.29 is 24.2 Å². The maximum absolute atomic E-state index is 11.4. The second-order valence-electron chi connectivity index (χ2n) is 3.55. The lowest BCUT2D eigenvalue weighted by atomic mass is 10.2. The number of likely N-dealkylation sites (N-methyl/N-ethyl adjacent to an activating group) is 1. The normalized spacial score (nSPS) is 25.1. The van der Waals surface area contributed by atoms with E-state index in [0.717, 1.165) is 6.08 Å². The van der Waals surface area contributed by atoms with Gasteiger partial charge in [0.15, 0.2) is 6.79 Å². The molecule has 1 saturated heterocycles. The first kappa shape index (κ1) is 12.7. The third-order valence-electron chi connectivity index (χ3n) is 2.44. The van der Waals surface area contributed by atoms with Gasteiger partial charge in [-0.25, -0.2) is 4.79 Å². The highest BCUT2D eigenvalue weighted by atomic mass is 16.6. The van der Waals surface area contributed by atoms with E-state index in [9.17, 15) is 9.59 Å². The van der Waals surface area contributed by atoms with E-state index in [1.165, 1.54) is 0 Å². The molecule has 0 bridgehead atoms. The summed E-state index contributed by atoms with van der Waals surface area (Å²) in [7, 11) is 1.73. The second kappa shape index (κ2) is 5.62. The minimum absolute atomic E-state index is 0.341. The van der Waals surface area contributed by atoms with Crippen molar-refractivity contribution in [3.05, 3.63) is 12.7 Å². The quantitative estimate of drug-likeness (QED) is 0.389. The van der Waals surface area contributed by atoms with Gasteiger partial charge in [0, 0.05) is 19.0 Å². The van der Waals surface area contributed by atoms with Crippen molar-refractivity contribution in [1.82, 2.24) is 4.90 Å². The van der Waals surface area contributed by atoms with Crippen molar-refractivity contribution in [2.24, 2.45) is 0 Å². The fourth-order valence-electron chi connectivity index (χ4n) is 1.69. The minimum atomic E-state index is -0.639. The van der Waals surface area contributed by atoms with Gasteiger partial charge in [-0.2, -0.15) is 0 Å². The molecule has 1 aliphatic heterocycles. The van der Waals surface area contributed by atoms with Gasteiger partial charge in [0.25, 0.3) is 0 Å². The summed E-state index contributed by atoms with van der Waals surface area (Å²) < 4.78 is 9.51. The molecular weight excluding hydrogens is 214 g/mol. The van der Waals surface area contributed by atoms with E-state index in [4.69, 9.17) is 9.84 Å². The van der Waals surface area contributed by atoms with Crippen molar-refractivity contribution in [2.45, 2.75) is 18.6 Å². The molecule has 1 fully saturated rings. The van der Waals surface area contributed by atoms with Crippen LogP contribution in [0.4, 0.5) is 0 Å². The summed E-state index contributed by atoms with van der Waals surface area (Å²) in [5, 5.41) is 8.47. The molecule has 0 radical (unpaired) electrons. The van der Waals surface area contributed by atoms with Crippen LogP contribution >= 0.6 is 0 Å². The molecule has 1 aliphatic rings. The average molecular weight is 229 g/mol. The number of likely N-dealkylation sites (tertiary alicyclic amines) is 1. The number of rotatable bonds is 4. The van der Waals surface area contributed by atoms with E-state index in [1.54, 1.807) is 11.9 Å². The van der Waals surface area contributed by atoms with E-state index < -0.39 is 24.8 Å². The maximum Gasteiger partial charge on any atom is 0.330 e. The lowest BCUT2D eigenvalue weighted by Crippen LogP contribution is -2.34. The topological polar surface area (TPSA) is 76.1 Å². The standard InChI is InChI=1S/C10H15NO5/c1-3-9(13)16-7-4-8(11(2)5-7)10(14)15-6-12/h3,7-8,12H,1,4-6H2,2H3/t7-,8-/m0/s1. The Bertz CT molecular complexity index is 291. The molecule has 0 spiro atoms. The minimum Gasteiger partial charge on any atom is -0.458 e. The van der Waals surface area contributed by atoms with Crippen molar-refractivity contribution in [2.75, 3.05) is 20.4 Å². The Hall–Kier alpha value is -1.40. The third kappa shape index (κ3) is 3.04. The average Bonchev–Trinajstić information content (AvgIpc) is 2.59. The molecule has 0 amide bonds. The number of nitrogens with zero attached hydrogens (tertiary/aromatic N) is 1. The van der Waals surface area contributed by atoms with Gasteiger partial charge >= 0.3 is 11.9 Å². The van der Waals surface area contributed by atoms with E-state index in [2.05, 4.69) is 11.3 Å². The predicted octanol–water partition coefficient (Wildman–Crippen LogP) is -0.719. The Morgan fingerprint density at radius 1 is 1.62 bits per heavy atom. The van der Waals surface area contributed by atoms with E-state index in [1.807, 2.05) is 0 Å². The monoisotopic (exact) mass is 229 g/mol. The Labute approximate surface area is 93.4 Å². The first-order chi connectivity index (χ1) is 7.58. The van der Waals surface area contributed by atoms with Crippen LogP contribution in [0.2, 0.25) is 0 Å². The smallest absolute Gasteiger partial charge is 0.330 e. The van der Waals surface area contributed by atoms with Crippen LogP contribution in [0.25, 0.3) is 0 Å². The van der Waals surface area contributed by atoms with Gasteiger partial charge in [0.2, 0.25) is 0 Å². The Kier molecular flexibility index (Phi) is 4.45. The number of carbonyl (C=O) groups is 2. The number of carbonyl (C=O) groups excluding carboxylic acids is 2. The van der Waals surface area contributed by atoms with Gasteiger partial charge in [0.05, 0.1) is 0 Å². The number of aliphatic hydroxyl groups is 1. The number of aliphatic hydroxyl groups excluding tert-OH is 1. The fraction of sp³-hybridized carbons (Fsp3) is 0.600. The fourth-order valence-corrected chi connectivity index (χ4v) is 1.69. The van der Waals surface area contributed by atoms with Crippen LogP contribution in [0, 0.1) is 0 Å². The summed E-state index contributed by atoms with van der Waals surface area (Å²) in [4.78, 5) is 24.1. The highest BCUT2D eigenvalue weighted by molar-refractivity contribution is 5.81. The largest absolute Gasteiger partial charge is 0.458 e. The summed E-state index contributed by atoms with van der Waals surface area (Å²) in [5.74, 6) is -1.02. The molecule has 0 aliphatic carbocycles. The molecule has 6 nitrogen and oxygen atoms in total. The molecule has 16 heavy (non-hydrogen) atoms. The van der Waals surface area contributed by atoms with Crippen LogP contribution in [0.15, 0.2) is 12.7 Å². The van der Waals surface area contributed by atoms with E-state index in [-0.39, 0.29) is 6.10 Å². The van der Waals surface area contributed by atoms with Gasteiger partial charge in [-0.1, -0.05) is 6.58 Å². The van der Waals surface area contributed by atoms with Crippen LogP contribution in [0.1, 0.15) is 6.42 Å². The molecule has 2 atom stereocenters. The molecule has 90 valence electrons. The lowest BCUT2D eigenvalue weighted by Gasteiger charge is -2.15. The highest BCUT2D eigenvalue weighted by Crippen LogP contribution is 2.19. The summed E-state index contributed by atoms with van der Waals surface area (Å²) in [6.45, 7) is 3.12. The Balaban J connectivity index is 2.49. The van der Waals surface area contributed by atoms with Gasteiger partial charge < -0.3 is 14.6 Å². The van der Waals surface area contributed by atoms with Crippen molar-refractivity contribution in [3.63, 3.8) is 0 Å². The number of ether oxygens (including phenoxy) is 2. The molecular formula is C10H15NO5. The second-order valence-corrected chi connectivity index (χ2v) is 3.55. The predicted molar refractivity (Wildman–Crippen MR) is 54.3 cm³/mol. The van der Waals surface area contributed by atoms with Crippen LogP contribution in [-0.2, 0) is 19.1 Å². The summed E-state index contributed by atoms with van der Waals surface area (Å²) in [5.41, 5.74) is 0. The Morgan fingerprint density at radius 2 is 2.31 bits per heavy atom. The van der Waals surface area contributed by atoms with Gasteiger partial charge in [-0.15, -0.1) is 0 Å². The zero-order valence-corrected chi connectivity index (χ0v) is 9.09. The summed E-state index contributed by atoms with van der Waals surface area (Å²) in [6, 6.07) is -0.477. The molecule has 0 aromatic rings. The van der Waals surface area contributed by atoms with Crippen LogP contribution in [0.3, 0.4) is 0 Å². The number of hydrogen-bond acceptors (Lipinski definition) is 6. The number of hydrogen-bond donors (Lipinski definition) is 1. The number of esters is 2. The third-order valence-corrected chi connectivity index (χ3v) is 2.44. The molecule has 1 N–H and O–H groups in total. The first-order valence-electron chi connectivity index (χ1n) is 4.89. The first-order valence-corrected chi connectivity index (χ1v) is 4.89. The molecule has 1 rings (SSSR count). The van der Waals surface area contributed by atoms with Crippen molar-refractivity contribution in [3.8, 4) is 0 Å². The van der Waals surface area contributed by atoms with Crippen molar-refractivity contribution >= 4 is 11.9 Å². The Morgan fingerprint density at radius 3 is 2.88 bits per heavy atom. The zero-order chi connectivity index (χ0) is 12.1. The molecule has 0 saturated carbocycles. The lowest BCUT2D eigenvalue weighted by molar-refractivity contribution is -0.157. The van der Waals surface area contributed by atoms with Crippen LogP contribution in [0.5, 0.6) is 0 Å². The molecule has 0 aromatic carbocycles. The van der Waals surface area contributed by atoms with Crippen molar-refractivity contribution in [1.29, 1.82) is 0 Å². The van der Waals surface area contributed by atoms with E-state index in [0.29, 0.717) is 13.0 Å². The van der Waals surface area contributed by atoms with Gasteiger partial charge in [0.1, 0.15) is 12.1 Å². The molecule has 1 heterocycles. The zero-order valence-electron chi connectivity index (χ0n) is 9.09. The summed E-state index contributed by atoms with van der Waals surface area (Å²) in [6.07, 6.45) is 1.11. The SMILES string of the molecule is C=CC(=O)O[C@H]1C[C@@H](C(=O)OCO)N(C)C1. The van der Waals surface area contributed by atoms with E-state index >= 15 is 0 Å². The summed E-state index contributed by atoms with van der Waals surface area (Å²) >= 11 is 0. The van der Waals surface area contributed by atoms with Gasteiger partial charge in [-0.05, 0) is 7.05 Å².